The molecule has 6 heteroatoms. The van der Waals surface area contributed by atoms with Crippen LogP contribution in [-0.4, -0.2) is 25.1 Å². The molecule has 1 unspecified atom stereocenters. The molecular formula is C14H20ClFN2O2. The molecule has 1 heterocycles. The molecule has 1 aliphatic heterocycles. The van der Waals surface area contributed by atoms with E-state index in [-0.39, 0.29) is 30.2 Å². The Morgan fingerprint density at radius 3 is 3.00 bits per heavy atom. The summed E-state index contributed by atoms with van der Waals surface area (Å²) in [5.74, 6) is -0.0823. The van der Waals surface area contributed by atoms with E-state index in [9.17, 15) is 9.18 Å². The molecule has 0 spiro atoms. The summed E-state index contributed by atoms with van der Waals surface area (Å²) in [4.78, 5) is 11.9. The first-order valence-corrected chi connectivity index (χ1v) is 6.64. The fourth-order valence-corrected chi connectivity index (χ4v) is 2.23. The number of carbonyl (C=O) groups is 1. The van der Waals surface area contributed by atoms with Gasteiger partial charge in [-0.15, -0.1) is 12.4 Å². The van der Waals surface area contributed by atoms with Crippen LogP contribution in [0.3, 0.4) is 0 Å². The summed E-state index contributed by atoms with van der Waals surface area (Å²) in [6, 6.07) is 4.37. The average Bonchev–Trinajstić information content (AvgIpc) is 2.86. The Bertz CT molecular complexity index is 451. The first-order valence-electron chi connectivity index (χ1n) is 6.64. The number of halogens is 2. The highest BCUT2D eigenvalue weighted by Gasteiger charge is 2.18. The second kappa shape index (κ2) is 8.07. The van der Waals surface area contributed by atoms with Crippen molar-refractivity contribution in [3.8, 4) is 5.75 Å². The van der Waals surface area contributed by atoms with Crippen LogP contribution in [0.5, 0.6) is 5.75 Å². The van der Waals surface area contributed by atoms with Crippen LogP contribution in [0.25, 0.3) is 0 Å². The summed E-state index contributed by atoms with van der Waals surface area (Å²) in [5.41, 5.74) is 0.520. The van der Waals surface area contributed by atoms with E-state index in [1.54, 1.807) is 0 Å². The fourth-order valence-electron chi connectivity index (χ4n) is 2.23. The van der Waals surface area contributed by atoms with Gasteiger partial charge in [-0.2, -0.15) is 0 Å². The molecule has 0 bridgehead atoms. The highest BCUT2D eigenvalue weighted by molar-refractivity contribution is 5.92. The van der Waals surface area contributed by atoms with Crippen LogP contribution in [0.2, 0.25) is 0 Å². The number of hydrogen-bond acceptors (Lipinski definition) is 3. The largest absolute Gasteiger partial charge is 0.492 e. The van der Waals surface area contributed by atoms with Crippen molar-refractivity contribution >= 4 is 24.0 Å². The molecule has 1 aromatic rings. The third-order valence-electron chi connectivity index (χ3n) is 3.11. The van der Waals surface area contributed by atoms with Crippen LogP contribution in [0, 0.1) is 5.82 Å². The molecule has 1 saturated heterocycles. The lowest BCUT2D eigenvalue weighted by Crippen LogP contribution is -2.27. The van der Waals surface area contributed by atoms with Gasteiger partial charge in [-0.25, -0.2) is 4.39 Å². The maximum absolute atomic E-state index is 13.1. The lowest BCUT2D eigenvalue weighted by Gasteiger charge is -2.13. The maximum atomic E-state index is 13.1. The molecule has 1 amide bonds. The highest BCUT2D eigenvalue weighted by atomic mass is 35.5. The minimum absolute atomic E-state index is 0. The Kier molecular flexibility index (Phi) is 6.75. The van der Waals surface area contributed by atoms with Gasteiger partial charge < -0.3 is 15.4 Å². The van der Waals surface area contributed by atoms with Gasteiger partial charge in [0.2, 0.25) is 5.91 Å². The first-order chi connectivity index (χ1) is 9.19. The van der Waals surface area contributed by atoms with Gasteiger partial charge in [-0.05, 0) is 38.4 Å². The third kappa shape index (κ3) is 4.65. The molecule has 1 atom stereocenters. The van der Waals surface area contributed by atoms with E-state index in [1.165, 1.54) is 18.2 Å². The highest BCUT2D eigenvalue weighted by Crippen LogP contribution is 2.25. The average molecular weight is 303 g/mol. The van der Waals surface area contributed by atoms with Crippen LogP contribution in [0.1, 0.15) is 26.2 Å². The molecule has 2 N–H and O–H groups in total. The van der Waals surface area contributed by atoms with Crippen molar-refractivity contribution in [1.82, 2.24) is 5.32 Å². The Labute approximate surface area is 124 Å². The van der Waals surface area contributed by atoms with E-state index in [1.807, 2.05) is 6.92 Å². The van der Waals surface area contributed by atoms with Crippen molar-refractivity contribution in [2.45, 2.75) is 32.2 Å². The minimum Gasteiger partial charge on any atom is -0.492 e. The Morgan fingerprint density at radius 2 is 2.35 bits per heavy atom. The van der Waals surface area contributed by atoms with Gasteiger partial charge >= 0.3 is 0 Å². The van der Waals surface area contributed by atoms with Crippen molar-refractivity contribution in [3.05, 3.63) is 24.0 Å². The summed E-state index contributed by atoms with van der Waals surface area (Å²) in [7, 11) is 0. The normalized spacial score (nSPS) is 17.4. The van der Waals surface area contributed by atoms with Crippen molar-refractivity contribution in [2.75, 3.05) is 18.5 Å². The van der Waals surface area contributed by atoms with Crippen LogP contribution in [0.4, 0.5) is 10.1 Å². The van der Waals surface area contributed by atoms with Gasteiger partial charge in [-0.1, -0.05) is 0 Å². The summed E-state index contributed by atoms with van der Waals surface area (Å²) < 4.78 is 18.5. The summed E-state index contributed by atoms with van der Waals surface area (Å²) in [6.45, 7) is 3.22. The smallest absolute Gasteiger partial charge is 0.226 e. The van der Waals surface area contributed by atoms with Crippen molar-refractivity contribution in [2.24, 2.45) is 0 Å². The van der Waals surface area contributed by atoms with Crippen LogP contribution in [0.15, 0.2) is 18.2 Å². The number of nitrogens with one attached hydrogen (secondary N) is 2. The predicted octanol–water partition coefficient (Wildman–Crippen LogP) is 2.73. The number of anilines is 1. The van der Waals surface area contributed by atoms with E-state index in [0.717, 1.165) is 19.4 Å². The van der Waals surface area contributed by atoms with Gasteiger partial charge in [-0.3, -0.25) is 4.79 Å². The lowest BCUT2D eigenvalue weighted by atomic mass is 10.1. The topological polar surface area (TPSA) is 50.4 Å². The number of ether oxygens (including phenoxy) is 1. The van der Waals surface area contributed by atoms with E-state index in [4.69, 9.17) is 4.74 Å². The fraction of sp³-hybridized carbons (Fsp3) is 0.500. The SMILES string of the molecule is CCOc1cc(F)ccc1NC(=O)CC1CCCN1.Cl. The van der Waals surface area contributed by atoms with E-state index in [0.29, 0.717) is 24.5 Å². The zero-order valence-electron chi connectivity index (χ0n) is 11.4. The quantitative estimate of drug-likeness (QED) is 0.879. The van der Waals surface area contributed by atoms with E-state index in [2.05, 4.69) is 10.6 Å². The molecule has 1 aliphatic rings. The summed E-state index contributed by atoms with van der Waals surface area (Å²) >= 11 is 0. The van der Waals surface area contributed by atoms with Crippen molar-refractivity contribution in [3.63, 3.8) is 0 Å². The molecule has 0 radical (unpaired) electrons. The zero-order chi connectivity index (χ0) is 13.7. The number of rotatable bonds is 5. The third-order valence-corrected chi connectivity index (χ3v) is 3.11. The predicted molar refractivity (Wildman–Crippen MR) is 79.1 cm³/mol. The van der Waals surface area contributed by atoms with Gasteiger partial charge in [0.25, 0.3) is 0 Å². The second-order valence-corrected chi connectivity index (χ2v) is 4.62. The Morgan fingerprint density at radius 1 is 1.55 bits per heavy atom. The van der Waals surface area contributed by atoms with Gasteiger partial charge in [0.1, 0.15) is 11.6 Å². The molecule has 4 nitrogen and oxygen atoms in total. The second-order valence-electron chi connectivity index (χ2n) is 4.62. The molecular weight excluding hydrogens is 283 g/mol. The number of carbonyl (C=O) groups excluding carboxylic acids is 1. The summed E-state index contributed by atoms with van der Waals surface area (Å²) in [6.07, 6.45) is 2.57. The van der Waals surface area contributed by atoms with Gasteiger partial charge in [0.05, 0.1) is 12.3 Å². The van der Waals surface area contributed by atoms with Crippen LogP contribution >= 0.6 is 12.4 Å². The zero-order valence-corrected chi connectivity index (χ0v) is 12.3. The number of amides is 1. The first kappa shape index (κ1) is 16.7. The Hall–Kier alpha value is -1.33. The van der Waals surface area contributed by atoms with Crippen LogP contribution < -0.4 is 15.4 Å². The monoisotopic (exact) mass is 302 g/mol. The molecule has 20 heavy (non-hydrogen) atoms. The van der Waals surface area contributed by atoms with Crippen molar-refractivity contribution < 1.29 is 13.9 Å². The lowest BCUT2D eigenvalue weighted by molar-refractivity contribution is -0.116. The maximum Gasteiger partial charge on any atom is 0.226 e. The number of hydrogen-bond donors (Lipinski definition) is 2. The molecule has 1 fully saturated rings. The van der Waals surface area contributed by atoms with Gasteiger partial charge in [0, 0.05) is 18.5 Å². The summed E-state index contributed by atoms with van der Waals surface area (Å²) in [5, 5.41) is 6.05. The molecule has 0 saturated carbocycles. The molecule has 2 rings (SSSR count). The van der Waals surface area contributed by atoms with E-state index < -0.39 is 0 Å². The van der Waals surface area contributed by atoms with Crippen LogP contribution in [-0.2, 0) is 4.79 Å². The van der Waals surface area contributed by atoms with E-state index >= 15 is 0 Å². The molecule has 112 valence electrons. The molecule has 0 aliphatic carbocycles. The minimum atomic E-state index is -0.376. The molecule has 1 aromatic carbocycles. The number of benzene rings is 1. The van der Waals surface area contributed by atoms with Gasteiger partial charge in [0.15, 0.2) is 0 Å². The van der Waals surface area contributed by atoms with Crippen molar-refractivity contribution in [1.29, 1.82) is 0 Å². The standard InChI is InChI=1S/C14H19FN2O2.ClH/c1-2-19-13-8-10(15)5-6-12(13)17-14(18)9-11-4-3-7-16-11;/h5-6,8,11,16H,2-4,7,9H2,1H3,(H,17,18);1H. The Balaban J connectivity index is 0.00000200. The molecule has 0 aromatic heterocycles.